The van der Waals surface area contributed by atoms with E-state index in [-0.39, 0.29) is 28.8 Å². The Morgan fingerprint density at radius 1 is 1.19 bits per heavy atom. The predicted octanol–water partition coefficient (Wildman–Crippen LogP) is 3.51. The minimum Gasteiger partial charge on any atom is -0.299 e. The molecule has 3 atom stereocenters. The lowest BCUT2D eigenvalue weighted by molar-refractivity contribution is -0.129. The van der Waals surface area contributed by atoms with Gasteiger partial charge < -0.3 is 0 Å². The number of nitrogens with one attached hydrogen (secondary N) is 1. The van der Waals surface area contributed by atoms with Crippen LogP contribution in [-0.4, -0.2) is 55.4 Å². The van der Waals surface area contributed by atoms with Gasteiger partial charge in [0.25, 0.3) is 0 Å². The van der Waals surface area contributed by atoms with Crippen molar-refractivity contribution in [3.8, 4) is 0 Å². The second kappa shape index (κ2) is 10.3. The molecule has 0 aromatic heterocycles. The number of hydrogen-bond acceptors (Lipinski definition) is 5. The molecule has 1 aromatic rings. The van der Waals surface area contributed by atoms with Gasteiger partial charge in [-0.1, -0.05) is 54.8 Å². The summed E-state index contributed by atoms with van der Waals surface area (Å²) in [5.74, 6) is -0.384. The number of carbonyl (C=O) groups excluding carboxylic acids is 1. The van der Waals surface area contributed by atoms with Gasteiger partial charge in [0, 0.05) is 30.5 Å². The fraction of sp³-hybridized carbons (Fsp3) is 0.500. The molecule has 0 saturated carbocycles. The van der Waals surface area contributed by atoms with Crippen LogP contribution in [0.4, 0.5) is 0 Å². The number of sulfonamides is 1. The standard InChI is InChI=1S/C22H30ClN3O4S/c1-25(14-8-4-3-5-11-21(27)24-28)22-17-9-6-7-10-19(17)26(2)31(29,30)20-15-16(23)12-13-18(20)22/h6-7,9-10,12-13,15,17,19,22,28H,3-5,8,11,14H2,1-2H3,(H,24,27). The summed E-state index contributed by atoms with van der Waals surface area (Å²) in [5.41, 5.74) is 2.42. The molecule has 3 rings (SSSR count). The summed E-state index contributed by atoms with van der Waals surface area (Å²) in [6.45, 7) is 0.795. The van der Waals surface area contributed by atoms with Crippen LogP contribution in [0.2, 0.25) is 5.02 Å². The van der Waals surface area contributed by atoms with Crippen LogP contribution in [0, 0.1) is 5.92 Å². The van der Waals surface area contributed by atoms with Crippen molar-refractivity contribution in [1.82, 2.24) is 14.7 Å². The van der Waals surface area contributed by atoms with Gasteiger partial charge in [-0.2, -0.15) is 4.31 Å². The average Bonchev–Trinajstić information content (AvgIpc) is 2.82. The first kappa shape index (κ1) is 23.9. The molecule has 1 heterocycles. The van der Waals surface area contributed by atoms with Crippen LogP contribution in [-0.2, 0) is 14.8 Å². The van der Waals surface area contributed by atoms with Crippen LogP contribution in [0.25, 0.3) is 0 Å². The van der Waals surface area contributed by atoms with E-state index in [2.05, 4.69) is 11.0 Å². The molecule has 1 aliphatic heterocycles. The number of halogens is 1. The Morgan fingerprint density at radius 3 is 2.65 bits per heavy atom. The number of hydroxylamine groups is 1. The molecule has 7 nitrogen and oxygen atoms in total. The summed E-state index contributed by atoms with van der Waals surface area (Å²) >= 11 is 6.18. The fourth-order valence-electron chi connectivity index (χ4n) is 4.49. The Bertz CT molecular complexity index is 964. The van der Waals surface area contributed by atoms with Gasteiger partial charge in [-0.25, -0.2) is 13.9 Å². The summed E-state index contributed by atoms with van der Waals surface area (Å²) < 4.78 is 28.2. The lowest BCUT2D eigenvalue weighted by atomic mass is 9.83. The summed E-state index contributed by atoms with van der Waals surface area (Å²) in [6.07, 6.45) is 11.7. The molecular weight excluding hydrogens is 438 g/mol. The molecular formula is C22H30ClN3O4S. The molecule has 9 heteroatoms. The molecule has 31 heavy (non-hydrogen) atoms. The molecule has 1 amide bonds. The van der Waals surface area contributed by atoms with Crippen molar-refractivity contribution in [2.24, 2.45) is 5.92 Å². The van der Waals surface area contributed by atoms with E-state index in [0.717, 1.165) is 37.8 Å². The van der Waals surface area contributed by atoms with Crippen LogP contribution < -0.4 is 5.48 Å². The molecule has 170 valence electrons. The third kappa shape index (κ3) is 5.21. The first-order valence-corrected chi connectivity index (χ1v) is 12.3. The van der Waals surface area contributed by atoms with Gasteiger partial charge >= 0.3 is 0 Å². The van der Waals surface area contributed by atoms with Gasteiger partial charge in [0.05, 0.1) is 10.9 Å². The maximum Gasteiger partial charge on any atom is 0.243 e. The van der Waals surface area contributed by atoms with Crippen LogP contribution in [0.15, 0.2) is 47.4 Å². The van der Waals surface area contributed by atoms with Gasteiger partial charge in [-0.15, -0.1) is 0 Å². The highest BCUT2D eigenvalue weighted by atomic mass is 35.5. The van der Waals surface area contributed by atoms with Crippen molar-refractivity contribution in [2.45, 2.75) is 49.1 Å². The molecule has 0 saturated heterocycles. The summed E-state index contributed by atoms with van der Waals surface area (Å²) in [6, 6.07) is 4.77. The van der Waals surface area contributed by atoms with Crippen molar-refractivity contribution < 1.29 is 18.4 Å². The molecule has 0 radical (unpaired) electrons. The van der Waals surface area contributed by atoms with E-state index in [4.69, 9.17) is 16.8 Å². The number of amides is 1. The summed E-state index contributed by atoms with van der Waals surface area (Å²) in [5, 5.41) is 8.96. The zero-order valence-corrected chi connectivity index (χ0v) is 19.4. The first-order chi connectivity index (χ1) is 14.8. The molecule has 2 aliphatic rings. The zero-order valence-electron chi connectivity index (χ0n) is 17.9. The van der Waals surface area contributed by atoms with Crippen molar-refractivity contribution >= 4 is 27.5 Å². The summed E-state index contributed by atoms with van der Waals surface area (Å²) in [4.78, 5) is 13.6. The van der Waals surface area contributed by atoms with Crippen molar-refractivity contribution in [2.75, 3.05) is 20.6 Å². The van der Waals surface area contributed by atoms with Gasteiger partial charge in [-0.05, 0) is 44.1 Å². The minimum atomic E-state index is -3.68. The van der Waals surface area contributed by atoms with Gasteiger partial charge in [-0.3, -0.25) is 14.9 Å². The van der Waals surface area contributed by atoms with E-state index in [9.17, 15) is 13.2 Å². The monoisotopic (exact) mass is 467 g/mol. The second-order valence-corrected chi connectivity index (χ2v) is 10.6. The Morgan fingerprint density at radius 2 is 1.90 bits per heavy atom. The van der Waals surface area contributed by atoms with Crippen LogP contribution in [0.5, 0.6) is 0 Å². The Labute approximate surface area is 189 Å². The molecule has 0 bridgehead atoms. The highest BCUT2D eigenvalue weighted by Crippen LogP contribution is 2.43. The average molecular weight is 468 g/mol. The van der Waals surface area contributed by atoms with Crippen molar-refractivity contribution in [1.29, 1.82) is 0 Å². The van der Waals surface area contributed by atoms with Crippen LogP contribution in [0.3, 0.4) is 0 Å². The number of unbranched alkanes of at least 4 members (excludes halogenated alkanes) is 3. The molecule has 0 fully saturated rings. The quantitative estimate of drug-likeness (QED) is 0.347. The number of hydrogen-bond donors (Lipinski definition) is 2. The SMILES string of the molecule is CN(CCCCCCC(=O)NO)C1c2ccc(Cl)cc2S(=O)(=O)N(C)C2C=CC=CC12. The lowest BCUT2D eigenvalue weighted by Crippen LogP contribution is -2.43. The highest BCUT2D eigenvalue weighted by molar-refractivity contribution is 7.89. The Balaban J connectivity index is 1.81. The minimum absolute atomic E-state index is 0.0227. The zero-order chi connectivity index (χ0) is 22.6. The van der Waals surface area contributed by atoms with E-state index in [1.54, 1.807) is 24.7 Å². The predicted molar refractivity (Wildman–Crippen MR) is 120 cm³/mol. The largest absolute Gasteiger partial charge is 0.299 e. The Hall–Kier alpha value is -1.71. The number of benzene rings is 1. The van der Waals surface area contributed by atoms with Gasteiger partial charge in [0.1, 0.15) is 0 Å². The van der Waals surface area contributed by atoms with Crippen molar-refractivity contribution in [3.63, 3.8) is 0 Å². The normalized spacial score (nSPS) is 24.5. The maximum atomic E-state index is 13.4. The van der Waals surface area contributed by atoms with Gasteiger partial charge in [0.2, 0.25) is 15.9 Å². The Kier molecular flexibility index (Phi) is 7.93. The number of carbonyl (C=O) groups is 1. The smallest absolute Gasteiger partial charge is 0.243 e. The third-order valence-corrected chi connectivity index (χ3v) is 8.29. The van der Waals surface area contributed by atoms with E-state index < -0.39 is 10.0 Å². The maximum absolute atomic E-state index is 13.4. The number of fused-ring (bicyclic) bond motifs is 2. The van der Waals surface area contributed by atoms with Crippen molar-refractivity contribution in [3.05, 3.63) is 53.1 Å². The van der Waals surface area contributed by atoms with E-state index >= 15 is 0 Å². The lowest BCUT2D eigenvalue weighted by Gasteiger charge is -2.37. The number of likely N-dealkylation sites (N-methyl/N-ethyl adjacent to an activating group) is 1. The number of rotatable bonds is 8. The third-order valence-electron chi connectivity index (χ3n) is 6.15. The van der Waals surface area contributed by atoms with Crippen LogP contribution >= 0.6 is 11.6 Å². The molecule has 0 spiro atoms. The second-order valence-electron chi connectivity index (χ2n) is 8.17. The molecule has 3 unspecified atom stereocenters. The number of allylic oxidation sites excluding steroid dienone is 2. The summed E-state index contributed by atoms with van der Waals surface area (Å²) in [7, 11) is -0.0187. The van der Waals surface area contributed by atoms with Gasteiger partial charge in [0.15, 0.2) is 0 Å². The van der Waals surface area contributed by atoms with E-state index in [0.29, 0.717) is 11.4 Å². The molecule has 1 aliphatic carbocycles. The molecule has 2 N–H and O–H groups in total. The first-order valence-electron chi connectivity index (χ1n) is 10.5. The van der Waals surface area contributed by atoms with E-state index in [1.165, 1.54) is 4.31 Å². The fourth-order valence-corrected chi connectivity index (χ4v) is 6.33. The highest BCUT2D eigenvalue weighted by Gasteiger charge is 2.43. The van der Waals surface area contributed by atoms with Crippen LogP contribution in [0.1, 0.15) is 43.7 Å². The van der Waals surface area contributed by atoms with E-state index in [1.807, 2.05) is 31.3 Å². The number of nitrogens with zero attached hydrogens (tertiary/aromatic N) is 2. The molecule has 1 aromatic carbocycles. The topological polar surface area (TPSA) is 90.0 Å².